The lowest BCUT2D eigenvalue weighted by Crippen LogP contribution is -2.45. The van der Waals surface area contributed by atoms with Gasteiger partial charge in [-0.3, -0.25) is 0 Å². The van der Waals surface area contributed by atoms with E-state index in [0.717, 1.165) is 25.9 Å². The van der Waals surface area contributed by atoms with Crippen molar-refractivity contribution in [3.63, 3.8) is 0 Å². The van der Waals surface area contributed by atoms with Crippen LogP contribution < -0.4 is 10.6 Å². The molecule has 0 aromatic heterocycles. The number of anilines is 2. The van der Waals surface area contributed by atoms with Crippen LogP contribution in [-0.4, -0.2) is 32.1 Å². The SMILES string of the molecule is Nc1ccc(N2CCC3(CC2)OCCO3)c(F)c1. The molecule has 2 saturated heterocycles. The van der Waals surface area contributed by atoms with Gasteiger partial charge in [-0.2, -0.15) is 0 Å². The fraction of sp³-hybridized carbons (Fsp3) is 0.538. The van der Waals surface area contributed by atoms with Gasteiger partial charge in [0, 0.05) is 31.6 Å². The number of ether oxygens (including phenoxy) is 2. The van der Waals surface area contributed by atoms with Gasteiger partial charge in [0.2, 0.25) is 0 Å². The number of hydrogen-bond acceptors (Lipinski definition) is 4. The Morgan fingerprint density at radius 1 is 1.17 bits per heavy atom. The first-order valence-electron chi connectivity index (χ1n) is 6.26. The van der Waals surface area contributed by atoms with E-state index in [0.29, 0.717) is 24.6 Å². The Labute approximate surface area is 105 Å². The van der Waals surface area contributed by atoms with Gasteiger partial charge in [0.15, 0.2) is 5.79 Å². The van der Waals surface area contributed by atoms with Crippen molar-refractivity contribution in [2.75, 3.05) is 36.9 Å². The Balaban J connectivity index is 1.72. The van der Waals surface area contributed by atoms with Crippen LogP contribution in [0.4, 0.5) is 15.8 Å². The molecule has 0 saturated carbocycles. The third-order valence-corrected chi connectivity index (χ3v) is 3.65. The lowest BCUT2D eigenvalue weighted by Gasteiger charge is -2.38. The molecule has 0 bridgehead atoms. The maximum Gasteiger partial charge on any atom is 0.171 e. The molecular weight excluding hydrogens is 235 g/mol. The van der Waals surface area contributed by atoms with E-state index in [4.69, 9.17) is 15.2 Å². The van der Waals surface area contributed by atoms with Gasteiger partial charge >= 0.3 is 0 Å². The number of nitrogens with two attached hydrogens (primary N) is 1. The lowest BCUT2D eigenvalue weighted by atomic mass is 10.0. The molecule has 3 rings (SSSR count). The zero-order valence-corrected chi connectivity index (χ0v) is 10.2. The number of nitrogen functional groups attached to an aromatic ring is 1. The molecule has 1 aromatic carbocycles. The fourth-order valence-electron chi connectivity index (χ4n) is 2.65. The van der Waals surface area contributed by atoms with E-state index < -0.39 is 5.79 Å². The lowest BCUT2D eigenvalue weighted by molar-refractivity contribution is -0.169. The molecule has 0 aliphatic carbocycles. The van der Waals surface area contributed by atoms with Crippen molar-refractivity contribution >= 4 is 11.4 Å². The molecule has 0 atom stereocenters. The Bertz CT molecular complexity index is 437. The standard InChI is InChI=1S/C13H17FN2O2/c14-11-9-10(15)1-2-12(11)16-5-3-13(4-6-16)17-7-8-18-13/h1-2,9H,3-8,15H2. The number of hydrogen-bond donors (Lipinski definition) is 1. The molecule has 18 heavy (non-hydrogen) atoms. The third-order valence-electron chi connectivity index (χ3n) is 3.65. The van der Waals surface area contributed by atoms with E-state index in [1.165, 1.54) is 6.07 Å². The van der Waals surface area contributed by atoms with Crippen molar-refractivity contribution in [1.82, 2.24) is 0 Å². The monoisotopic (exact) mass is 252 g/mol. The Morgan fingerprint density at radius 2 is 1.83 bits per heavy atom. The van der Waals surface area contributed by atoms with Crippen LogP contribution in [0.1, 0.15) is 12.8 Å². The van der Waals surface area contributed by atoms with E-state index in [9.17, 15) is 4.39 Å². The first-order valence-corrected chi connectivity index (χ1v) is 6.26. The van der Waals surface area contributed by atoms with E-state index in [1.807, 2.05) is 4.90 Å². The van der Waals surface area contributed by atoms with Crippen LogP contribution in [0.2, 0.25) is 0 Å². The normalized spacial score (nSPS) is 22.6. The predicted octanol–water partition coefficient (Wildman–Crippen LogP) is 1.75. The molecule has 0 radical (unpaired) electrons. The van der Waals surface area contributed by atoms with E-state index in [-0.39, 0.29) is 5.82 Å². The van der Waals surface area contributed by atoms with Gasteiger partial charge in [0.1, 0.15) is 5.82 Å². The molecule has 0 unspecified atom stereocenters. The van der Waals surface area contributed by atoms with Crippen LogP contribution in [0.25, 0.3) is 0 Å². The summed E-state index contributed by atoms with van der Waals surface area (Å²) in [5.41, 5.74) is 6.61. The first kappa shape index (κ1) is 11.7. The molecule has 0 amide bonds. The average molecular weight is 252 g/mol. The number of piperidine rings is 1. The molecular formula is C13H17FN2O2. The van der Waals surface area contributed by atoms with Crippen LogP contribution in [0.3, 0.4) is 0 Å². The number of benzene rings is 1. The highest BCUT2D eigenvalue weighted by atomic mass is 19.1. The number of rotatable bonds is 1. The van der Waals surface area contributed by atoms with Crippen LogP contribution >= 0.6 is 0 Å². The molecule has 2 aliphatic rings. The van der Waals surface area contributed by atoms with E-state index in [1.54, 1.807) is 12.1 Å². The molecule has 4 nitrogen and oxygen atoms in total. The van der Waals surface area contributed by atoms with Gasteiger partial charge in [0.05, 0.1) is 18.9 Å². The minimum Gasteiger partial charge on any atom is -0.399 e. The molecule has 2 fully saturated rings. The highest BCUT2D eigenvalue weighted by Crippen LogP contribution is 2.34. The summed E-state index contributed by atoms with van der Waals surface area (Å²) in [7, 11) is 0. The predicted molar refractivity (Wildman–Crippen MR) is 66.9 cm³/mol. The maximum atomic E-state index is 13.8. The highest BCUT2D eigenvalue weighted by molar-refractivity contribution is 5.54. The Hall–Kier alpha value is -1.33. The topological polar surface area (TPSA) is 47.7 Å². The van der Waals surface area contributed by atoms with Crippen molar-refractivity contribution in [1.29, 1.82) is 0 Å². The minimum absolute atomic E-state index is 0.265. The summed E-state index contributed by atoms with van der Waals surface area (Å²) in [6.45, 7) is 2.80. The second kappa shape index (κ2) is 4.40. The first-order chi connectivity index (χ1) is 8.69. The molecule has 5 heteroatoms. The minimum atomic E-state index is -0.416. The van der Waals surface area contributed by atoms with Gasteiger partial charge in [-0.1, -0.05) is 0 Å². The number of halogens is 1. The van der Waals surface area contributed by atoms with Crippen molar-refractivity contribution in [2.24, 2.45) is 0 Å². The van der Waals surface area contributed by atoms with Crippen molar-refractivity contribution in [3.8, 4) is 0 Å². The van der Waals surface area contributed by atoms with Crippen LogP contribution in [0, 0.1) is 5.82 Å². The zero-order valence-electron chi connectivity index (χ0n) is 10.2. The maximum absolute atomic E-state index is 13.8. The smallest absolute Gasteiger partial charge is 0.171 e. The zero-order chi connectivity index (χ0) is 12.6. The Kier molecular flexibility index (Phi) is 2.87. The summed E-state index contributed by atoms with van der Waals surface area (Å²) in [4.78, 5) is 2.02. The van der Waals surface area contributed by atoms with Crippen LogP contribution in [0.15, 0.2) is 18.2 Å². The van der Waals surface area contributed by atoms with Gasteiger partial charge in [-0.05, 0) is 18.2 Å². The quantitative estimate of drug-likeness (QED) is 0.774. The van der Waals surface area contributed by atoms with E-state index in [2.05, 4.69) is 0 Å². The molecule has 2 aliphatic heterocycles. The van der Waals surface area contributed by atoms with E-state index >= 15 is 0 Å². The summed E-state index contributed by atoms with van der Waals surface area (Å²) in [5.74, 6) is -0.681. The molecule has 2 N–H and O–H groups in total. The summed E-state index contributed by atoms with van der Waals surface area (Å²) in [6.07, 6.45) is 1.55. The fourth-order valence-corrected chi connectivity index (χ4v) is 2.65. The molecule has 1 spiro atoms. The molecule has 98 valence electrons. The molecule has 2 heterocycles. The summed E-state index contributed by atoms with van der Waals surface area (Å²) in [5, 5.41) is 0. The summed E-state index contributed by atoms with van der Waals surface area (Å²) < 4.78 is 25.1. The Morgan fingerprint density at radius 3 is 2.44 bits per heavy atom. The summed E-state index contributed by atoms with van der Waals surface area (Å²) in [6, 6.07) is 4.83. The number of nitrogens with zero attached hydrogens (tertiary/aromatic N) is 1. The highest BCUT2D eigenvalue weighted by Gasteiger charge is 2.40. The van der Waals surface area contributed by atoms with Gasteiger partial charge < -0.3 is 20.1 Å². The second-order valence-corrected chi connectivity index (χ2v) is 4.81. The third kappa shape index (κ3) is 2.04. The van der Waals surface area contributed by atoms with Crippen LogP contribution in [-0.2, 0) is 9.47 Å². The largest absolute Gasteiger partial charge is 0.399 e. The van der Waals surface area contributed by atoms with Crippen molar-refractivity contribution < 1.29 is 13.9 Å². The van der Waals surface area contributed by atoms with Gasteiger partial charge in [-0.15, -0.1) is 0 Å². The van der Waals surface area contributed by atoms with Crippen molar-refractivity contribution in [2.45, 2.75) is 18.6 Å². The van der Waals surface area contributed by atoms with Crippen LogP contribution in [0.5, 0.6) is 0 Å². The van der Waals surface area contributed by atoms with Crippen molar-refractivity contribution in [3.05, 3.63) is 24.0 Å². The summed E-state index contributed by atoms with van der Waals surface area (Å²) >= 11 is 0. The molecule has 1 aromatic rings. The average Bonchev–Trinajstić information content (AvgIpc) is 2.80. The van der Waals surface area contributed by atoms with Gasteiger partial charge in [0.25, 0.3) is 0 Å². The van der Waals surface area contributed by atoms with Gasteiger partial charge in [-0.25, -0.2) is 4.39 Å². The second-order valence-electron chi connectivity index (χ2n) is 4.81.